The number of nitrogens with one attached hydrogen (secondary N) is 2. The normalized spacial score (nSPS) is 13.7. The van der Waals surface area contributed by atoms with Gasteiger partial charge in [-0.1, -0.05) is 48.5 Å². The number of rotatable bonds is 6. The summed E-state index contributed by atoms with van der Waals surface area (Å²) in [6.07, 6.45) is 5.40. The molecule has 1 aliphatic rings. The number of aromatic amines is 1. The lowest BCUT2D eigenvalue weighted by molar-refractivity contribution is 0.0997. The van der Waals surface area contributed by atoms with Gasteiger partial charge in [-0.15, -0.1) is 0 Å². The second-order valence-electron chi connectivity index (χ2n) is 9.85. The molecule has 0 unspecified atom stereocenters. The van der Waals surface area contributed by atoms with Crippen molar-refractivity contribution in [2.75, 3.05) is 11.9 Å². The molecule has 0 saturated carbocycles. The summed E-state index contributed by atoms with van der Waals surface area (Å²) >= 11 is 0. The summed E-state index contributed by atoms with van der Waals surface area (Å²) < 4.78 is 0. The minimum atomic E-state index is -0.00602. The van der Waals surface area contributed by atoms with Crippen molar-refractivity contribution in [3.05, 3.63) is 108 Å². The Hall–Kier alpha value is -5.24. The van der Waals surface area contributed by atoms with Crippen LogP contribution in [0.25, 0.3) is 33.3 Å². The van der Waals surface area contributed by atoms with Crippen molar-refractivity contribution in [2.45, 2.75) is 20.4 Å². The zero-order valence-electron chi connectivity index (χ0n) is 22.6. The van der Waals surface area contributed by atoms with Crippen LogP contribution in [-0.2, 0) is 6.54 Å². The highest BCUT2D eigenvalue weighted by Gasteiger charge is 2.30. The van der Waals surface area contributed by atoms with Crippen LogP contribution >= 0.6 is 0 Å². The van der Waals surface area contributed by atoms with Gasteiger partial charge in [0.2, 0.25) is 0 Å². The predicted molar refractivity (Wildman–Crippen MR) is 161 cm³/mol. The summed E-state index contributed by atoms with van der Waals surface area (Å²) in [6.45, 7) is 4.37. The number of benzene rings is 3. The predicted octanol–water partition coefficient (Wildman–Crippen LogP) is 5.87. The van der Waals surface area contributed by atoms with E-state index in [4.69, 9.17) is 10.7 Å². The number of aryl methyl sites for hydroxylation is 1. The van der Waals surface area contributed by atoms with Crippen LogP contribution in [0.4, 0.5) is 11.6 Å². The molecule has 0 atom stereocenters. The maximum Gasteiger partial charge on any atom is 0.259 e. The summed E-state index contributed by atoms with van der Waals surface area (Å²) in [6, 6.07) is 22.3. The van der Waals surface area contributed by atoms with Crippen LogP contribution < -0.4 is 16.0 Å². The lowest BCUT2D eigenvalue weighted by Crippen LogP contribution is -2.23. The van der Waals surface area contributed by atoms with Crippen molar-refractivity contribution in [2.24, 2.45) is 10.7 Å². The number of nitrogens with two attached hydrogens (primary N) is 1. The summed E-state index contributed by atoms with van der Waals surface area (Å²) in [5, 5.41) is 3.98. The molecule has 0 aliphatic carbocycles. The molecule has 1 aliphatic heterocycles. The summed E-state index contributed by atoms with van der Waals surface area (Å²) in [5.74, 6) is 0.585. The van der Waals surface area contributed by atoms with E-state index in [1.807, 2.05) is 80.5 Å². The highest BCUT2D eigenvalue weighted by molar-refractivity contribution is 6.14. The molecule has 4 N–H and O–H groups in total. The number of fused-ring (bicyclic) bond motifs is 2. The van der Waals surface area contributed by atoms with E-state index in [1.165, 1.54) is 0 Å². The van der Waals surface area contributed by atoms with Gasteiger partial charge >= 0.3 is 0 Å². The first-order valence-electron chi connectivity index (χ1n) is 13.1. The van der Waals surface area contributed by atoms with Gasteiger partial charge < -0.3 is 20.9 Å². The van der Waals surface area contributed by atoms with Gasteiger partial charge in [-0.2, -0.15) is 4.99 Å². The fourth-order valence-electron chi connectivity index (χ4n) is 5.09. The molecule has 0 radical (unpaired) electrons. The quantitative estimate of drug-likeness (QED) is 0.189. The van der Waals surface area contributed by atoms with E-state index in [0.717, 1.165) is 61.4 Å². The van der Waals surface area contributed by atoms with E-state index in [-0.39, 0.29) is 11.9 Å². The Morgan fingerprint density at radius 2 is 1.90 bits per heavy atom. The summed E-state index contributed by atoms with van der Waals surface area (Å²) in [7, 11) is 1.82. The van der Waals surface area contributed by atoms with Crippen LogP contribution in [0.5, 0.6) is 0 Å². The molecule has 198 valence electrons. The first kappa shape index (κ1) is 25.1. The average molecular weight is 528 g/mol. The number of allylic oxidation sites excluding steroid dienone is 1. The molecule has 40 heavy (non-hydrogen) atoms. The van der Waals surface area contributed by atoms with Gasteiger partial charge in [0.1, 0.15) is 5.84 Å². The maximum absolute atomic E-state index is 13.5. The topological polar surface area (TPSA) is 112 Å². The number of anilines is 1. The van der Waals surface area contributed by atoms with Gasteiger partial charge in [-0.3, -0.25) is 4.79 Å². The standard InChI is InChI=1S/C32H29N7O/c1-19-16-36-32(37-28(33)14-20(2)34-3)38-29(19)26-17-35-30-25(26)10-7-11-27(30)39-18-23-15-22(12-13-24(23)31(39)40)21-8-5-4-6-9-21/h4-17,34-35H,18H2,1-3H3,(H2,33,36,37,38)/b20-14-. The minimum absolute atomic E-state index is 0.00602. The Balaban J connectivity index is 1.36. The monoisotopic (exact) mass is 527 g/mol. The molecule has 5 aromatic rings. The Morgan fingerprint density at radius 1 is 1.07 bits per heavy atom. The van der Waals surface area contributed by atoms with Crippen molar-refractivity contribution >= 4 is 34.3 Å². The minimum Gasteiger partial charge on any atom is -0.392 e. The second kappa shape index (κ2) is 10.1. The van der Waals surface area contributed by atoms with Gasteiger partial charge in [-0.25, -0.2) is 9.97 Å². The molecule has 6 rings (SSSR count). The van der Waals surface area contributed by atoms with Crippen LogP contribution in [0.2, 0.25) is 0 Å². The van der Waals surface area contributed by atoms with E-state index < -0.39 is 0 Å². The van der Waals surface area contributed by atoms with Gasteiger partial charge in [0.05, 0.1) is 23.4 Å². The van der Waals surface area contributed by atoms with E-state index >= 15 is 0 Å². The van der Waals surface area contributed by atoms with Crippen molar-refractivity contribution in [3.63, 3.8) is 0 Å². The van der Waals surface area contributed by atoms with Gasteiger partial charge in [0, 0.05) is 41.7 Å². The molecule has 0 bridgehead atoms. The molecule has 3 aromatic carbocycles. The molecular weight excluding hydrogens is 498 g/mol. The number of aromatic nitrogens is 3. The van der Waals surface area contributed by atoms with Crippen molar-refractivity contribution in [1.29, 1.82) is 0 Å². The van der Waals surface area contributed by atoms with Gasteiger partial charge in [0.25, 0.3) is 11.9 Å². The third kappa shape index (κ3) is 4.49. The number of hydrogen-bond acceptors (Lipinski definition) is 5. The van der Waals surface area contributed by atoms with Gasteiger partial charge in [-0.05, 0) is 60.4 Å². The summed E-state index contributed by atoms with van der Waals surface area (Å²) in [5.41, 5.74) is 15.2. The highest BCUT2D eigenvalue weighted by Crippen LogP contribution is 2.38. The third-order valence-electron chi connectivity index (χ3n) is 7.20. The molecule has 0 spiro atoms. The second-order valence-corrected chi connectivity index (χ2v) is 9.85. The lowest BCUT2D eigenvalue weighted by Gasteiger charge is -2.17. The molecule has 2 aromatic heterocycles. The Labute approximate surface area is 232 Å². The SMILES string of the molecule is CN/C(C)=C\C(N)=N/c1ncc(C)c(-c2c[nH]c3c(N4Cc5cc(-c6ccccc6)ccc5C4=O)cccc23)n1. The first-order chi connectivity index (χ1) is 19.4. The Kier molecular flexibility index (Phi) is 6.36. The molecular formula is C32H29N7O. The van der Waals surface area contributed by atoms with Crippen LogP contribution in [-0.4, -0.2) is 33.7 Å². The highest BCUT2D eigenvalue weighted by atomic mass is 16.2. The van der Waals surface area contributed by atoms with Crippen molar-refractivity contribution in [3.8, 4) is 22.4 Å². The number of amidine groups is 1. The van der Waals surface area contributed by atoms with Crippen LogP contribution in [0.1, 0.15) is 28.4 Å². The largest absolute Gasteiger partial charge is 0.392 e. The van der Waals surface area contributed by atoms with Crippen LogP contribution in [0, 0.1) is 6.92 Å². The molecule has 0 saturated heterocycles. The molecule has 0 fully saturated rings. The molecule has 8 heteroatoms. The zero-order chi connectivity index (χ0) is 27.8. The number of carbonyl (C=O) groups is 1. The molecule has 1 amide bonds. The number of amides is 1. The third-order valence-corrected chi connectivity index (χ3v) is 7.20. The zero-order valence-corrected chi connectivity index (χ0v) is 22.6. The van der Waals surface area contributed by atoms with E-state index in [0.29, 0.717) is 12.4 Å². The first-order valence-corrected chi connectivity index (χ1v) is 13.1. The number of carbonyl (C=O) groups excluding carboxylic acids is 1. The number of aliphatic imine (C=N–C) groups is 1. The molecule has 3 heterocycles. The fourth-order valence-corrected chi connectivity index (χ4v) is 5.09. The van der Waals surface area contributed by atoms with E-state index in [9.17, 15) is 4.79 Å². The van der Waals surface area contributed by atoms with Gasteiger partial charge in [0.15, 0.2) is 0 Å². The van der Waals surface area contributed by atoms with E-state index in [1.54, 1.807) is 12.3 Å². The number of para-hydroxylation sites is 1. The number of nitrogens with zero attached hydrogens (tertiary/aromatic N) is 4. The number of H-pyrrole nitrogens is 1. The lowest BCUT2D eigenvalue weighted by atomic mass is 10.0. The van der Waals surface area contributed by atoms with Crippen molar-refractivity contribution < 1.29 is 4.79 Å². The molecule has 8 nitrogen and oxygen atoms in total. The van der Waals surface area contributed by atoms with Crippen molar-refractivity contribution in [1.82, 2.24) is 20.3 Å². The fraction of sp³-hybridized carbons (Fsp3) is 0.125. The summed E-state index contributed by atoms with van der Waals surface area (Å²) in [4.78, 5) is 32.2. The van der Waals surface area contributed by atoms with Crippen LogP contribution in [0.3, 0.4) is 0 Å². The Bertz CT molecular complexity index is 1820. The van der Waals surface area contributed by atoms with E-state index in [2.05, 4.69) is 38.5 Å². The maximum atomic E-state index is 13.5. The average Bonchev–Trinajstić information content (AvgIpc) is 3.55. The Morgan fingerprint density at radius 3 is 2.70 bits per heavy atom. The number of hydrogen-bond donors (Lipinski definition) is 3. The van der Waals surface area contributed by atoms with Crippen LogP contribution in [0.15, 0.2) is 95.9 Å². The smallest absolute Gasteiger partial charge is 0.259 e.